The van der Waals surface area contributed by atoms with Gasteiger partial charge in [-0.2, -0.15) is 0 Å². The lowest BCUT2D eigenvalue weighted by atomic mass is 10.2. The van der Waals surface area contributed by atoms with E-state index in [1.807, 2.05) is 0 Å². The molecule has 1 amide bonds. The molecule has 0 fully saturated rings. The average Bonchev–Trinajstić information content (AvgIpc) is 2.80. The second-order valence-electron chi connectivity index (χ2n) is 3.98. The number of esters is 1. The molecular formula is C12H13N3O3. The SMILES string of the molecule is COC(=O)c1cccc2[nH]c(C(=O)N(C)C)nc12. The lowest BCUT2D eigenvalue weighted by molar-refractivity contribution is 0.0602. The smallest absolute Gasteiger partial charge is 0.340 e. The van der Waals surface area contributed by atoms with Gasteiger partial charge in [-0.1, -0.05) is 6.07 Å². The van der Waals surface area contributed by atoms with E-state index in [0.29, 0.717) is 16.6 Å². The number of benzene rings is 1. The van der Waals surface area contributed by atoms with Gasteiger partial charge in [-0.3, -0.25) is 4.79 Å². The average molecular weight is 247 g/mol. The highest BCUT2D eigenvalue weighted by atomic mass is 16.5. The lowest BCUT2D eigenvalue weighted by Gasteiger charge is -2.06. The fourth-order valence-corrected chi connectivity index (χ4v) is 1.62. The van der Waals surface area contributed by atoms with Crippen molar-refractivity contribution in [2.45, 2.75) is 0 Å². The van der Waals surface area contributed by atoms with Crippen molar-refractivity contribution in [3.63, 3.8) is 0 Å². The van der Waals surface area contributed by atoms with Gasteiger partial charge in [-0.15, -0.1) is 0 Å². The Labute approximate surface area is 104 Å². The molecule has 0 atom stereocenters. The number of carbonyl (C=O) groups excluding carboxylic acids is 2. The van der Waals surface area contributed by atoms with Gasteiger partial charge in [0.15, 0.2) is 5.82 Å². The monoisotopic (exact) mass is 247 g/mol. The third-order valence-corrected chi connectivity index (χ3v) is 2.53. The largest absolute Gasteiger partial charge is 0.465 e. The van der Waals surface area contributed by atoms with Gasteiger partial charge in [-0.25, -0.2) is 9.78 Å². The van der Waals surface area contributed by atoms with Gasteiger partial charge >= 0.3 is 5.97 Å². The highest BCUT2D eigenvalue weighted by Crippen LogP contribution is 2.17. The summed E-state index contributed by atoms with van der Waals surface area (Å²) in [6.07, 6.45) is 0. The molecule has 0 saturated heterocycles. The van der Waals surface area contributed by atoms with Crippen molar-refractivity contribution in [1.82, 2.24) is 14.9 Å². The van der Waals surface area contributed by atoms with E-state index >= 15 is 0 Å². The number of hydrogen-bond donors (Lipinski definition) is 1. The van der Waals surface area contributed by atoms with E-state index in [0.717, 1.165) is 0 Å². The first-order valence-corrected chi connectivity index (χ1v) is 5.33. The maximum atomic E-state index is 11.8. The number of rotatable bonds is 2. The molecule has 0 aliphatic heterocycles. The number of fused-ring (bicyclic) bond motifs is 1. The number of imidazole rings is 1. The number of methoxy groups -OCH3 is 1. The first kappa shape index (κ1) is 12.1. The summed E-state index contributed by atoms with van der Waals surface area (Å²) in [6, 6.07) is 5.07. The van der Waals surface area contributed by atoms with E-state index < -0.39 is 5.97 Å². The van der Waals surface area contributed by atoms with E-state index in [2.05, 4.69) is 14.7 Å². The van der Waals surface area contributed by atoms with Crippen LogP contribution in [0.5, 0.6) is 0 Å². The van der Waals surface area contributed by atoms with Gasteiger partial charge in [0.05, 0.1) is 18.2 Å². The molecule has 94 valence electrons. The molecule has 0 spiro atoms. The summed E-state index contributed by atoms with van der Waals surface area (Å²) in [5.41, 5.74) is 1.40. The number of carbonyl (C=O) groups is 2. The number of nitrogens with zero attached hydrogens (tertiary/aromatic N) is 2. The van der Waals surface area contributed by atoms with E-state index in [4.69, 9.17) is 0 Å². The minimum atomic E-state index is -0.476. The van der Waals surface area contributed by atoms with Crippen LogP contribution in [-0.4, -0.2) is 47.9 Å². The standard InChI is InChI=1S/C12H13N3O3/c1-15(2)11(16)10-13-8-6-4-5-7(9(8)14-10)12(17)18-3/h4-6H,1-3H3,(H,13,14). The third kappa shape index (κ3) is 1.92. The van der Waals surface area contributed by atoms with Gasteiger partial charge in [0.25, 0.3) is 5.91 Å². The summed E-state index contributed by atoms with van der Waals surface area (Å²) in [5, 5.41) is 0. The van der Waals surface area contributed by atoms with Crippen molar-refractivity contribution in [3.8, 4) is 0 Å². The van der Waals surface area contributed by atoms with Crippen LogP contribution in [0.1, 0.15) is 21.0 Å². The topological polar surface area (TPSA) is 75.3 Å². The van der Waals surface area contributed by atoms with Crippen LogP contribution in [0, 0.1) is 0 Å². The Hall–Kier alpha value is -2.37. The Morgan fingerprint density at radius 3 is 2.67 bits per heavy atom. The van der Waals surface area contributed by atoms with Crippen molar-refractivity contribution in [1.29, 1.82) is 0 Å². The zero-order valence-corrected chi connectivity index (χ0v) is 10.4. The summed E-state index contributed by atoms with van der Waals surface area (Å²) >= 11 is 0. The molecule has 6 nitrogen and oxygen atoms in total. The molecular weight excluding hydrogens is 234 g/mol. The van der Waals surface area contributed by atoms with Crippen molar-refractivity contribution >= 4 is 22.9 Å². The van der Waals surface area contributed by atoms with Crippen LogP contribution in [0.4, 0.5) is 0 Å². The van der Waals surface area contributed by atoms with Crippen LogP contribution in [0.3, 0.4) is 0 Å². The third-order valence-electron chi connectivity index (χ3n) is 2.53. The van der Waals surface area contributed by atoms with Crippen molar-refractivity contribution in [3.05, 3.63) is 29.6 Å². The molecule has 0 saturated carbocycles. The molecule has 0 aliphatic carbocycles. The molecule has 2 aromatic rings. The van der Waals surface area contributed by atoms with Crippen LogP contribution in [0.25, 0.3) is 11.0 Å². The second kappa shape index (κ2) is 4.48. The Morgan fingerprint density at radius 2 is 2.06 bits per heavy atom. The minimum absolute atomic E-state index is 0.200. The number of aromatic nitrogens is 2. The highest BCUT2D eigenvalue weighted by molar-refractivity contribution is 6.03. The number of aromatic amines is 1. The van der Waals surface area contributed by atoms with Crippen molar-refractivity contribution < 1.29 is 14.3 Å². The Kier molecular flexibility index (Phi) is 3.01. The maximum absolute atomic E-state index is 11.8. The summed E-state index contributed by atoms with van der Waals surface area (Å²) in [4.78, 5) is 31.8. The van der Waals surface area contributed by atoms with Gasteiger partial charge in [0.2, 0.25) is 0 Å². The molecule has 0 radical (unpaired) electrons. The zero-order chi connectivity index (χ0) is 13.3. The Bertz CT molecular complexity index is 616. The first-order chi connectivity index (χ1) is 8.54. The van der Waals surface area contributed by atoms with Crippen molar-refractivity contribution in [2.24, 2.45) is 0 Å². The van der Waals surface area contributed by atoms with E-state index in [-0.39, 0.29) is 11.7 Å². The number of H-pyrrole nitrogens is 1. The fraction of sp³-hybridized carbons (Fsp3) is 0.250. The lowest BCUT2D eigenvalue weighted by Crippen LogP contribution is -2.22. The van der Waals surface area contributed by atoms with Gasteiger partial charge in [-0.05, 0) is 12.1 Å². The summed E-state index contributed by atoms with van der Waals surface area (Å²) in [6.45, 7) is 0. The summed E-state index contributed by atoms with van der Waals surface area (Å²) < 4.78 is 4.67. The molecule has 2 rings (SSSR count). The van der Waals surface area contributed by atoms with E-state index in [9.17, 15) is 9.59 Å². The predicted molar refractivity (Wildman–Crippen MR) is 65.5 cm³/mol. The summed E-state index contributed by atoms with van der Waals surface area (Å²) in [5.74, 6) is -0.524. The fourth-order valence-electron chi connectivity index (χ4n) is 1.62. The number of nitrogens with one attached hydrogen (secondary N) is 1. The molecule has 18 heavy (non-hydrogen) atoms. The molecule has 0 unspecified atom stereocenters. The minimum Gasteiger partial charge on any atom is -0.465 e. The quantitative estimate of drug-likeness (QED) is 0.805. The van der Waals surface area contributed by atoms with Crippen LogP contribution >= 0.6 is 0 Å². The van der Waals surface area contributed by atoms with Crippen LogP contribution in [0.2, 0.25) is 0 Å². The van der Waals surface area contributed by atoms with Crippen molar-refractivity contribution in [2.75, 3.05) is 21.2 Å². The summed E-state index contributed by atoms with van der Waals surface area (Å²) in [7, 11) is 4.58. The molecule has 1 aromatic carbocycles. The normalized spacial score (nSPS) is 10.4. The van der Waals surface area contributed by atoms with Gasteiger partial charge < -0.3 is 14.6 Å². The zero-order valence-electron chi connectivity index (χ0n) is 10.4. The number of para-hydroxylation sites is 1. The van der Waals surface area contributed by atoms with Gasteiger partial charge in [0.1, 0.15) is 5.52 Å². The van der Waals surface area contributed by atoms with Gasteiger partial charge in [0, 0.05) is 14.1 Å². The van der Waals surface area contributed by atoms with E-state index in [1.54, 1.807) is 32.3 Å². The molecule has 1 heterocycles. The van der Waals surface area contributed by atoms with Crippen LogP contribution < -0.4 is 0 Å². The Morgan fingerprint density at radius 1 is 1.33 bits per heavy atom. The highest BCUT2D eigenvalue weighted by Gasteiger charge is 2.17. The molecule has 6 heteroatoms. The number of hydrogen-bond acceptors (Lipinski definition) is 4. The second-order valence-corrected chi connectivity index (χ2v) is 3.98. The first-order valence-electron chi connectivity index (χ1n) is 5.33. The maximum Gasteiger partial charge on any atom is 0.340 e. The molecule has 0 aliphatic rings. The number of ether oxygens (including phenoxy) is 1. The molecule has 0 bridgehead atoms. The van der Waals surface area contributed by atoms with Crippen LogP contribution in [0.15, 0.2) is 18.2 Å². The van der Waals surface area contributed by atoms with Crippen LogP contribution in [-0.2, 0) is 4.74 Å². The molecule has 1 N–H and O–H groups in total. The number of amides is 1. The Balaban J connectivity index is 2.58. The van der Waals surface area contributed by atoms with E-state index in [1.165, 1.54) is 12.0 Å². The predicted octanol–water partition coefficient (Wildman–Crippen LogP) is 1.05. The molecule has 1 aromatic heterocycles.